The van der Waals surface area contributed by atoms with E-state index in [2.05, 4.69) is 5.32 Å². The normalized spacial score (nSPS) is 11.4. The molecule has 0 spiro atoms. The quantitative estimate of drug-likeness (QED) is 0.323. The molecule has 2 aromatic carbocycles. The van der Waals surface area contributed by atoms with E-state index in [1.54, 1.807) is 6.07 Å². The predicted molar refractivity (Wildman–Crippen MR) is 109 cm³/mol. The van der Waals surface area contributed by atoms with Gasteiger partial charge in [-0.05, 0) is 64.4 Å². The van der Waals surface area contributed by atoms with Crippen LogP contribution in [0.3, 0.4) is 0 Å². The van der Waals surface area contributed by atoms with Gasteiger partial charge in [0.2, 0.25) is 0 Å². The van der Waals surface area contributed by atoms with E-state index in [9.17, 15) is 21.6 Å². The van der Waals surface area contributed by atoms with Crippen LogP contribution >= 0.6 is 45.7 Å². The number of thiophene rings is 1. The van der Waals surface area contributed by atoms with Gasteiger partial charge in [0.25, 0.3) is 10.0 Å². The topological polar surface area (TPSA) is 49.4 Å². The number of sulfonamides is 1. The average Bonchev–Trinajstić information content (AvgIpc) is 3.16. The van der Waals surface area contributed by atoms with Crippen LogP contribution in [0.1, 0.15) is 0 Å². The third kappa shape index (κ3) is 4.03. The molecule has 0 aliphatic carbocycles. The maximum Gasteiger partial charge on any atom is 0.287 e. The Morgan fingerprint density at radius 3 is 2.44 bits per heavy atom. The van der Waals surface area contributed by atoms with Crippen molar-refractivity contribution >= 4 is 72.8 Å². The van der Waals surface area contributed by atoms with Crippen molar-refractivity contribution in [2.75, 3.05) is 9.14 Å². The molecule has 1 aromatic heterocycles. The first-order chi connectivity index (χ1) is 12.7. The Hall–Kier alpha value is -1.50. The lowest BCUT2D eigenvalue weighted by Crippen LogP contribution is -2.22. The zero-order chi connectivity index (χ0) is 19.8. The molecule has 0 saturated heterocycles. The number of hydrogen-bond donors (Lipinski definition) is 1. The molecular formula is C16H9ClF3IN2O2S2. The Bertz CT molecular complexity index is 1100. The maximum absolute atomic E-state index is 14.4. The molecule has 27 heavy (non-hydrogen) atoms. The molecule has 0 aliphatic rings. The summed E-state index contributed by atoms with van der Waals surface area (Å²) in [7, 11) is -4.22. The van der Waals surface area contributed by atoms with E-state index in [4.69, 9.17) is 11.8 Å². The number of nitrogens with one attached hydrogen (secondary N) is 1. The average molecular weight is 545 g/mol. The molecule has 3 aromatic rings. The van der Waals surface area contributed by atoms with Gasteiger partial charge in [-0.1, -0.05) is 6.07 Å². The zero-order valence-corrected chi connectivity index (χ0v) is 17.6. The summed E-state index contributed by atoms with van der Waals surface area (Å²) in [5, 5.41) is 3.93. The maximum atomic E-state index is 14.4. The van der Waals surface area contributed by atoms with Crippen molar-refractivity contribution in [3.05, 3.63) is 68.9 Å². The summed E-state index contributed by atoms with van der Waals surface area (Å²) in [4.78, 5) is 0. The summed E-state index contributed by atoms with van der Waals surface area (Å²) in [5.41, 5.74) is -1.16. The van der Waals surface area contributed by atoms with E-state index in [-0.39, 0.29) is 15.6 Å². The molecule has 1 heterocycles. The van der Waals surface area contributed by atoms with Gasteiger partial charge < -0.3 is 5.32 Å². The van der Waals surface area contributed by atoms with E-state index >= 15 is 0 Å². The van der Waals surface area contributed by atoms with Crippen molar-refractivity contribution in [1.82, 2.24) is 0 Å². The first-order valence-electron chi connectivity index (χ1n) is 7.16. The summed E-state index contributed by atoms with van der Waals surface area (Å²) in [5.74, 6) is -3.36. The van der Waals surface area contributed by atoms with E-state index < -0.39 is 33.2 Å². The Morgan fingerprint density at radius 2 is 1.81 bits per heavy atom. The Labute approximate surface area is 175 Å². The minimum absolute atomic E-state index is 0.0892. The molecule has 0 unspecified atom stereocenters. The minimum atomic E-state index is -4.22. The van der Waals surface area contributed by atoms with Gasteiger partial charge in [-0.25, -0.2) is 13.2 Å². The molecule has 0 bridgehead atoms. The molecule has 0 radical (unpaired) electrons. The zero-order valence-electron chi connectivity index (χ0n) is 13.1. The van der Waals surface area contributed by atoms with Crippen LogP contribution in [0, 0.1) is 21.0 Å². The van der Waals surface area contributed by atoms with Crippen molar-refractivity contribution < 1.29 is 21.6 Å². The fourth-order valence-electron chi connectivity index (χ4n) is 2.15. The van der Waals surface area contributed by atoms with Gasteiger partial charge in [-0.2, -0.15) is 12.2 Å². The highest BCUT2D eigenvalue weighted by molar-refractivity contribution is 14.1. The van der Waals surface area contributed by atoms with E-state index in [0.29, 0.717) is 7.39 Å². The standard InChI is InChI=1S/C16H9ClF3IN2O2S2/c17-23(27(24,25)14-2-1-7-26-14)13-6-4-10(18)15(20)16(13)22-12-5-3-9(21)8-11(12)19/h1-8,22H. The fraction of sp³-hybridized carbons (Fsp3) is 0. The summed E-state index contributed by atoms with van der Waals surface area (Å²) in [6.45, 7) is 0. The molecule has 0 fully saturated rings. The third-order valence-electron chi connectivity index (χ3n) is 3.41. The molecule has 4 nitrogen and oxygen atoms in total. The van der Waals surface area contributed by atoms with Gasteiger partial charge in [0.05, 0.1) is 11.4 Å². The van der Waals surface area contributed by atoms with E-state index in [0.717, 1.165) is 23.5 Å². The Morgan fingerprint density at radius 1 is 1.07 bits per heavy atom. The van der Waals surface area contributed by atoms with Crippen LogP contribution < -0.4 is 9.14 Å². The molecule has 142 valence electrons. The molecule has 1 N–H and O–H groups in total. The molecule has 0 atom stereocenters. The number of benzene rings is 2. The van der Waals surface area contributed by atoms with Gasteiger partial charge in [-0.3, -0.25) is 0 Å². The van der Waals surface area contributed by atoms with Crippen molar-refractivity contribution in [2.45, 2.75) is 4.21 Å². The van der Waals surface area contributed by atoms with Crippen LogP contribution in [0.4, 0.5) is 30.2 Å². The van der Waals surface area contributed by atoms with Crippen molar-refractivity contribution in [3.63, 3.8) is 0 Å². The van der Waals surface area contributed by atoms with Crippen LogP contribution in [0.2, 0.25) is 0 Å². The van der Waals surface area contributed by atoms with Gasteiger partial charge in [-0.15, -0.1) is 11.3 Å². The lowest BCUT2D eigenvalue weighted by Gasteiger charge is -2.20. The summed E-state index contributed by atoms with van der Waals surface area (Å²) < 4.78 is 68.2. The molecule has 3 rings (SSSR count). The second-order valence-corrected chi connectivity index (χ2v) is 9.90. The molecule has 11 heteroatoms. The van der Waals surface area contributed by atoms with Crippen LogP contribution in [-0.2, 0) is 10.0 Å². The van der Waals surface area contributed by atoms with Gasteiger partial charge in [0.15, 0.2) is 11.6 Å². The highest BCUT2D eigenvalue weighted by Crippen LogP contribution is 2.38. The lowest BCUT2D eigenvalue weighted by atomic mass is 10.2. The third-order valence-corrected chi connectivity index (χ3v) is 7.66. The highest BCUT2D eigenvalue weighted by atomic mass is 127. The first-order valence-corrected chi connectivity index (χ1v) is 10.9. The predicted octanol–water partition coefficient (Wildman–Crippen LogP) is 5.86. The van der Waals surface area contributed by atoms with Crippen molar-refractivity contribution in [2.24, 2.45) is 0 Å². The highest BCUT2D eigenvalue weighted by Gasteiger charge is 2.29. The SMILES string of the molecule is O=S(=O)(c1cccs1)N(Cl)c1ccc(F)c(F)c1Nc1ccc(I)cc1F. The smallest absolute Gasteiger partial charge is 0.287 e. The summed E-state index contributed by atoms with van der Waals surface area (Å²) >= 11 is 8.78. The molecule has 0 amide bonds. The van der Waals surface area contributed by atoms with Gasteiger partial charge in [0.1, 0.15) is 15.7 Å². The van der Waals surface area contributed by atoms with Crippen LogP contribution in [0.25, 0.3) is 0 Å². The molecular weight excluding hydrogens is 536 g/mol. The van der Waals surface area contributed by atoms with Crippen LogP contribution in [0.15, 0.2) is 52.1 Å². The second-order valence-electron chi connectivity index (χ2n) is 5.16. The second kappa shape index (κ2) is 7.86. The van der Waals surface area contributed by atoms with Gasteiger partial charge >= 0.3 is 0 Å². The number of halogens is 5. The number of hydrogen-bond acceptors (Lipinski definition) is 4. The molecule has 0 saturated carbocycles. The Balaban J connectivity index is 2.10. The monoisotopic (exact) mass is 544 g/mol. The number of nitrogens with zero attached hydrogens (tertiary/aromatic N) is 1. The lowest BCUT2D eigenvalue weighted by molar-refractivity contribution is 0.512. The number of anilines is 3. The minimum Gasteiger partial charge on any atom is -0.349 e. The van der Waals surface area contributed by atoms with Crippen LogP contribution in [0.5, 0.6) is 0 Å². The summed E-state index contributed by atoms with van der Waals surface area (Å²) in [6.07, 6.45) is 0. The van der Waals surface area contributed by atoms with Crippen molar-refractivity contribution in [3.8, 4) is 0 Å². The fourth-order valence-corrected chi connectivity index (χ4v) is 5.23. The number of rotatable bonds is 5. The van der Waals surface area contributed by atoms with Crippen LogP contribution in [-0.4, -0.2) is 8.42 Å². The summed E-state index contributed by atoms with van der Waals surface area (Å²) in [6, 6.07) is 8.60. The van der Waals surface area contributed by atoms with Crippen molar-refractivity contribution in [1.29, 1.82) is 0 Å². The van der Waals surface area contributed by atoms with Gasteiger partial charge in [0, 0.05) is 15.3 Å². The largest absolute Gasteiger partial charge is 0.349 e. The first kappa shape index (κ1) is 20.2. The Kier molecular flexibility index (Phi) is 5.89. The van der Waals surface area contributed by atoms with E-state index in [1.807, 2.05) is 22.6 Å². The molecule has 0 aliphatic heterocycles. The van der Waals surface area contributed by atoms with E-state index in [1.165, 1.54) is 29.6 Å².